The highest BCUT2D eigenvalue weighted by Gasteiger charge is 2.26. The molecule has 0 fully saturated rings. The lowest BCUT2D eigenvalue weighted by Crippen LogP contribution is -2.39. The van der Waals surface area contributed by atoms with Crippen LogP contribution >= 0.6 is 24.0 Å². The first-order chi connectivity index (χ1) is 9.31. The minimum atomic E-state index is -4.15. The zero-order chi connectivity index (χ0) is 15.2. The zero-order valence-electron chi connectivity index (χ0n) is 12.4. The smallest absolute Gasteiger partial charge is 0.356 e. The number of aryl methyl sites for hydroxylation is 1. The first-order valence-corrected chi connectivity index (χ1v) is 6.36. The molecule has 3 nitrogen and oxygen atoms in total. The highest BCUT2D eigenvalue weighted by atomic mass is 127. The van der Waals surface area contributed by atoms with Gasteiger partial charge in [0.25, 0.3) is 0 Å². The van der Waals surface area contributed by atoms with Crippen LogP contribution in [0.25, 0.3) is 0 Å². The summed E-state index contributed by atoms with van der Waals surface area (Å²) in [5, 5.41) is 2.71. The Morgan fingerprint density at radius 2 is 1.81 bits per heavy atom. The third-order valence-electron chi connectivity index (χ3n) is 2.81. The van der Waals surface area contributed by atoms with Crippen molar-refractivity contribution in [3.05, 3.63) is 35.4 Å². The topological polar surface area (TPSA) is 27.6 Å². The lowest BCUT2D eigenvalue weighted by atomic mass is 10.1. The van der Waals surface area contributed by atoms with Crippen LogP contribution in [0.1, 0.15) is 17.5 Å². The first kappa shape index (κ1) is 20.0. The molecule has 0 spiro atoms. The van der Waals surface area contributed by atoms with Crippen LogP contribution in [0.3, 0.4) is 0 Å². The third-order valence-corrected chi connectivity index (χ3v) is 2.81. The maximum atomic E-state index is 12.1. The van der Waals surface area contributed by atoms with E-state index in [1.165, 1.54) is 5.56 Å². The molecule has 0 bridgehead atoms. The molecule has 0 aliphatic carbocycles. The number of aliphatic imine (C=N–C) groups is 1. The van der Waals surface area contributed by atoms with Crippen LogP contribution in [0.5, 0.6) is 0 Å². The molecule has 0 aliphatic rings. The van der Waals surface area contributed by atoms with Crippen molar-refractivity contribution >= 4 is 29.9 Å². The molecule has 0 heterocycles. The molecule has 7 heteroatoms. The van der Waals surface area contributed by atoms with E-state index in [9.17, 15) is 13.2 Å². The molecule has 0 atom stereocenters. The van der Waals surface area contributed by atoms with Gasteiger partial charge in [-0.1, -0.05) is 29.8 Å². The summed E-state index contributed by atoms with van der Waals surface area (Å²) in [5.74, 6) is 0.454. The van der Waals surface area contributed by atoms with Gasteiger partial charge in [0, 0.05) is 27.2 Å². The summed E-state index contributed by atoms with van der Waals surface area (Å²) in [7, 11) is 3.35. The summed E-state index contributed by atoms with van der Waals surface area (Å²) in [5.41, 5.74) is 2.25. The Kier molecular flexibility index (Phi) is 8.68. The van der Waals surface area contributed by atoms with Gasteiger partial charge in [0.15, 0.2) is 5.96 Å². The van der Waals surface area contributed by atoms with E-state index in [1.807, 2.05) is 31.2 Å². The van der Waals surface area contributed by atoms with Gasteiger partial charge in [0.1, 0.15) is 0 Å². The Hall–Kier alpha value is -0.990. The van der Waals surface area contributed by atoms with Gasteiger partial charge in [-0.2, -0.15) is 13.2 Å². The van der Waals surface area contributed by atoms with Gasteiger partial charge in [-0.3, -0.25) is 4.99 Å². The minimum absolute atomic E-state index is 0. The van der Waals surface area contributed by atoms with Crippen molar-refractivity contribution in [1.82, 2.24) is 10.2 Å². The summed E-state index contributed by atoms with van der Waals surface area (Å²) in [6.07, 6.45) is -5.02. The second-order valence-corrected chi connectivity index (χ2v) is 4.68. The van der Waals surface area contributed by atoms with E-state index in [0.717, 1.165) is 5.56 Å². The van der Waals surface area contributed by atoms with Crippen LogP contribution in [0.2, 0.25) is 0 Å². The van der Waals surface area contributed by atoms with E-state index in [0.29, 0.717) is 12.5 Å². The monoisotopic (exact) mass is 415 g/mol. The van der Waals surface area contributed by atoms with Crippen molar-refractivity contribution in [3.8, 4) is 0 Å². The Morgan fingerprint density at radius 1 is 1.24 bits per heavy atom. The molecule has 1 aromatic rings. The second-order valence-electron chi connectivity index (χ2n) is 4.68. The second kappa shape index (κ2) is 9.11. The minimum Gasteiger partial charge on any atom is -0.356 e. The van der Waals surface area contributed by atoms with Crippen molar-refractivity contribution in [2.75, 3.05) is 20.6 Å². The third kappa shape index (κ3) is 8.13. The van der Waals surface area contributed by atoms with Crippen molar-refractivity contribution in [2.24, 2.45) is 4.99 Å². The molecule has 0 radical (unpaired) electrons. The number of nitrogens with one attached hydrogen (secondary N) is 1. The number of benzene rings is 1. The van der Waals surface area contributed by atoms with Gasteiger partial charge in [0.2, 0.25) is 0 Å². The molecule has 0 aliphatic heterocycles. The molecule has 1 rings (SSSR count). The normalized spacial score (nSPS) is 11.8. The van der Waals surface area contributed by atoms with Gasteiger partial charge in [-0.05, 0) is 12.5 Å². The fourth-order valence-corrected chi connectivity index (χ4v) is 1.74. The van der Waals surface area contributed by atoms with E-state index in [4.69, 9.17) is 0 Å². The molecule has 0 saturated heterocycles. The summed E-state index contributed by atoms with van der Waals surface area (Å²) in [4.78, 5) is 5.78. The molecular weight excluding hydrogens is 394 g/mol. The molecule has 1 N–H and O–H groups in total. The van der Waals surface area contributed by atoms with Gasteiger partial charge in [-0.15, -0.1) is 24.0 Å². The zero-order valence-corrected chi connectivity index (χ0v) is 14.7. The van der Waals surface area contributed by atoms with Crippen molar-refractivity contribution in [2.45, 2.75) is 26.1 Å². The van der Waals surface area contributed by atoms with Crippen LogP contribution in [0.15, 0.2) is 29.3 Å². The molecular formula is C14H21F3IN3. The predicted octanol–water partition coefficient (Wildman–Crippen LogP) is 3.57. The fourth-order valence-electron chi connectivity index (χ4n) is 1.74. The van der Waals surface area contributed by atoms with E-state index in [-0.39, 0.29) is 30.5 Å². The Balaban J connectivity index is 0.00000400. The molecule has 0 saturated carbocycles. The summed E-state index contributed by atoms with van der Waals surface area (Å²) in [6, 6.07) is 8.00. The average Bonchev–Trinajstić information content (AvgIpc) is 2.36. The quantitative estimate of drug-likeness (QED) is 0.463. The number of nitrogens with zero attached hydrogens (tertiary/aromatic N) is 2. The molecule has 0 unspecified atom stereocenters. The van der Waals surface area contributed by atoms with E-state index < -0.39 is 12.6 Å². The number of guanidine groups is 1. The maximum absolute atomic E-state index is 12.1. The van der Waals surface area contributed by atoms with Crippen LogP contribution in [-0.2, 0) is 6.54 Å². The highest BCUT2D eigenvalue weighted by Crippen LogP contribution is 2.18. The van der Waals surface area contributed by atoms with Crippen LogP contribution < -0.4 is 5.32 Å². The number of halogens is 4. The van der Waals surface area contributed by atoms with Crippen LogP contribution in [0, 0.1) is 6.92 Å². The molecule has 21 heavy (non-hydrogen) atoms. The van der Waals surface area contributed by atoms with Crippen molar-refractivity contribution in [3.63, 3.8) is 0 Å². The lowest BCUT2D eigenvalue weighted by Gasteiger charge is -2.22. The maximum Gasteiger partial charge on any atom is 0.390 e. The number of hydrogen-bond acceptors (Lipinski definition) is 1. The van der Waals surface area contributed by atoms with Crippen molar-refractivity contribution < 1.29 is 13.2 Å². The molecule has 120 valence electrons. The predicted molar refractivity (Wildman–Crippen MR) is 90.1 cm³/mol. The summed E-state index contributed by atoms with van der Waals surface area (Å²) < 4.78 is 36.3. The Labute approximate surface area is 140 Å². The van der Waals surface area contributed by atoms with Gasteiger partial charge in [0.05, 0.1) is 6.42 Å². The SMILES string of the molecule is CN=C(NCCC(F)(F)F)N(C)Cc1ccc(C)cc1.I. The summed E-state index contributed by atoms with van der Waals surface area (Å²) >= 11 is 0. The Bertz CT molecular complexity index is 444. The molecule has 0 aromatic heterocycles. The van der Waals surface area contributed by atoms with E-state index >= 15 is 0 Å². The highest BCUT2D eigenvalue weighted by molar-refractivity contribution is 14.0. The standard InChI is InChI=1S/C14H20F3N3.HI/c1-11-4-6-12(7-5-11)10-20(3)13(18-2)19-9-8-14(15,16)17;/h4-7H,8-10H2,1-3H3,(H,18,19);1H. The van der Waals surface area contributed by atoms with Gasteiger partial charge >= 0.3 is 6.18 Å². The fraction of sp³-hybridized carbons (Fsp3) is 0.500. The Morgan fingerprint density at radius 3 is 2.29 bits per heavy atom. The largest absolute Gasteiger partial charge is 0.390 e. The van der Waals surface area contributed by atoms with E-state index in [1.54, 1.807) is 19.0 Å². The van der Waals surface area contributed by atoms with Crippen LogP contribution in [-0.4, -0.2) is 37.7 Å². The number of hydrogen-bond donors (Lipinski definition) is 1. The number of alkyl halides is 3. The lowest BCUT2D eigenvalue weighted by molar-refractivity contribution is -0.132. The van der Waals surface area contributed by atoms with Gasteiger partial charge < -0.3 is 10.2 Å². The average molecular weight is 415 g/mol. The van der Waals surface area contributed by atoms with Gasteiger partial charge in [-0.25, -0.2) is 0 Å². The van der Waals surface area contributed by atoms with Crippen LogP contribution in [0.4, 0.5) is 13.2 Å². The van der Waals surface area contributed by atoms with E-state index in [2.05, 4.69) is 10.3 Å². The summed E-state index contributed by atoms with van der Waals surface area (Å²) in [6.45, 7) is 2.42. The molecule has 1 aromatic carbocycles. The molecule has 0 amide bonds. The van der Waals surface area contributed by atoms with Crippen molar-refractivity contribution in [1.29, 1.82) is 0 Å². The number of rotatable bonds is 4. The first-order valence-electron chi connectivity index (χ1n) is 6.36.